The third-order valence-electron chi connectivity index (χ3n) is 1.46. The van der Waals surface area contributed by atoms with E-state index in [1.807, 2.05) is 6.07 Å². The smallest absolute Gasteiger partial charge is 0.181 e. The summed E-state index contributed by atoms with van der Waals surface area (Å²) in [6.07, 6.45) is -0.635. The minimum Gasteiger partial charge on any atom is -0.474 e. The van der Waals surface area contributed by atoms with Gasteiger partial charge in [-0.2, -0.15) is 5.26 Å². The Morgan fingerprint density at radius 1 is 1.62 bits per heavy atom. The molecular weight excluding hydrogens is 171 g/mol. The van der Waals surface area contributed by atoms with Gasteiger partial charge in [0.05, 0.1) is 5.69 Å². The Morgan fingerprint density at radius 3 is 2.92 bits per heavy atom. The maximum atomic E-state index is 12.7. The van der Waals surface area contributed by atoms with Gasteiger partial charge in [0.2, 0.25) is 0 Å². The van der Waals surface area contributed by atoms with Crippen molar-refractivity contribution in [3.05, 3.63) is 24.0 Å². The van der Waals surface area contributed by atoms with Crippen LogP contribution in [0.15, 0.2) is 18.2 Å². The summed E-state index contributed by atoms with van der Waals surface area (Å²) >= 11 is 0. The van der Waals surface area contributed by atoms with Gasteiger partial charge in [0.1, 0.15) is 17.6 Å². The lowest BCUT2D eigenvalue weighted by atomic mass is 10.3. The largest absolute Gasteiger partial charge is 0.474 e. The molecule has 1 atom stereocenters. The lowest BCUT2D eigenvalue weighted by molar-refractivity contribution is 0.277. The lowest BCUT2D eigenvalue weighted by Crippen LogP contribution is -2.09. The summed E-state index contributed by atoms with van der Waals surface area (Å²) in [4.78, 5) is 0. The molecule has 1 unspecified atom stereocenters. The maximum Gasteiger partial charge on any atom is 0.181 e. The van der Waals surface area contributed by atoms with Gasteiger partial charge in [-0.3, -0.25) is 0 Å². The van der Waals surface area contributed by atoms with E-state index in [0.717, 1.165) is 6.07 Å². The van der Waals surface area contributed by atoms with Crippen LogP contribution in [0.3, 0.4) is 0 Å². The van der Waals surface area contributed by atoms with Gasteiger partial charge in [0.25, 0.3) is 0 Å². The highest BCUT2D eigenvalue weighted by Gasteiger charge is 2.06. The molecule has 1 aromatic carbocycles. The standard InChI is InChI=1S/C9H9FN2O/c1-6(5-11)13-9-4-7(10)2-3-8(9)12/h2-4,6H,12H2,1H3. The molecule has 0 amide bonds. The number of ether oxygens (including phenoxy) is 1. The lowest BCUT2D eigenvalue weighted by Gasteiger charge is -2.09. The highest BCUT2D eigenvalue weighted by molar-refractivity contribution is 5.52. The van der Waals surface area contributed by atoms with Crippen LogP contribution in [-0.4, -0.2) is 6.10 Å². The molecule has 0 fully saturated rings. The number of rotatable bonds is 2. The van der Waals surface area contributed by atoms with Crippen LogP contribution in [0, 0.1) is 17.1 Å². The van der Waals surface area contributed by atoms with Gasteiger partial charge in [0.15, 0.2) is 6.10 Å². The molecule has 4 heteroatoms. The molecule has 0 saturated carbocycles. The van der Waals surface area contributed by atoms with E-state index in [1.165, 1.54) is 12.1 Å². The summed E-state index contributed by atoms with van der Waals surface area (Å²) < 4.78 is 17.7. The molecule has 0 aliphatic heterocycles. The number of hydrogen-bond acceptors (Lipinski definition) is 3. The van der Waals surface area contributed by atoms with Crippen LogP contribution in [0.1, 0.15) is 6.92 Å². The fourth-order valence-electron chi connectivity index (χ4n) is 0.827. The average Bonchev–Trinajstić information content (AvgIpc) is 2.11. The van der Waals surface area contributed by atoms with Crippen molar-refractivity contribution in [1.82, 2.24) is 0 Å². The summed E-state index contributed by atoms with van der Waals surface area (Å²) in [5.74, 6) is -0.233. The summed E-state index contributed by atoms with van der Waals surface area (Å²) in [6.45, 7) is 1.56. The minimum atomic E-state index is -0.635. The molecule has 0 radical (unpaired) electrons. The van der Waals surface area contributed by atoms with Crippen LogP contribution in [0.4, 0.5) is 10.1 Å². The van der Waals surface area contributed by atoms with Gasteiger partial charge in [0, 0.05) is 6.07 Å². The molecule has 13 heavy (non-hydrogen) atoms. The average molecular weight is 180 g/mol. The summed E-state index contributed by atoms with van der Waals surface area (Å²) in [7, 11) is 0. The van der Waals surface area contributed by atoms with Crippen LogP contribution < -0.4 is 10.5 Å². The normalized spacial score (nSPS) is 11.8. The predicted octanol–water partition coefficient (Wildman–Crippen LogP) is 1.70. The minimum absolute atomic E-state index is 0.203. The number of anilines is 1. The summed E-state index contributed by atoms with van der Waals surface area (Å²) in [5.41, 5.74) is 5.81. The first-order valence-electron chi connectivity index (χ1n) is 3.75. The molecule has 0 saturated heterocycles. The van der Waals surface area contributed by atoms with Crippen molar-refractivity contribution in [2.45, 2.75) is 13.0 Å². The summed E-state index contributed by atoms with van der Waals surface area (Å²) in [5, 5.41) is 8.45. The number of halogens is 1. The van der Waals surface area contributed by atoms with Crippen molar-refractivity contribution in [3.63, 3.8) is 0 Å². The van der Waals surface area contributed by atoms with Crippen LogP contribution in [0.25, 0.3) is 0 Å². The van der Waals surface area contributed by atoms with Gasteiger partial charge in [-0.15, -0.1) is 0 Å². The van der Waals surface area contributed by atoms with E-state index >= 15 is 0 Å². The van der Waals surface area contributed by atoms with E-state index in [4.69, 9.17) is 15.7 Å². The molecule has 0 aromatic heterocycles. The zero-order valence-electron chi connectivity index (χ0n) is 7.12. The predicted molar refractivity (Wildman–Crippen MR) is 46.5 cm³/mol. The Morgan fingerprint density at radius 2 is 2.31 bits per heavy atom. The molecule has 0 bridgehead atoms. The van der Waals surface area contributed by atoms with Crippen molar-refractivity contribution >= 4 is 5.69 Å². The second-order valence-corrected chi connectivity index (χ2v) is 2.57. The van der Waals surface area contributed by atoms with Crippen LogP contribution in [-0.2, 0) is 0 Å². The topological polar surface area (TPSA) is 59.0 Å². The molecular formula is C9H9FN2O. The molecule has 1 rings (SSSR count). The zero-order valence-corrected chi connectivity index (χ0v) is 7.12. The molecule has 0 aliphatic rings. The first kappa shape index (κ1) is 9.33. The highest BCUT2D eigenvalue weighted by Crippen LogP contribution is 2.22. The van der Waals surface area contributed by atoms with E-state index < -0.39 is 11.9 Å². The third-order valence-corrected chi connectivity index (χ3v) is 1.46. The molecule has 68 valence electrons. The van der Waals surface area contributed by atoms with E-state index in [-0.39, 0.29) is 5.75 Å². The molecule has 1 aromatic rings. The van der Waals surface area contributed by atoms with Gasteiger partial charge in [-0.05, 0) is 19.1 Å². The molecule has 0 heterocycles. The Labute approximate surface area is 75.5 Å². The van der Waals surface area contributed by atoms with Crippen molar-refractivity contribution in [2.24, 2.45) is 0 Å². The van der Waals surface area contributed by atoms with Crippen molar-refractivity contribution in [1.29, 1.82) is 5.26 Å². The van der Waals surface area contributed by atoms with Gasteiger partial charge in [-0.1, -0.05) is 0 Å². The van der Waals surface area contributed by atoms with Gasteiger partial charge >= 0.3 is 0 Å². The van der Waals surface area contributed by atoms with Crippen LogP contribution in [0.5, 0.6) is 5.75 Å². The Bertz CT molecular complexity index is 346. The maximum absolute atomic E-state index is 12.7. The molecule has 0 spiro atoms. The monoisotopic (exact) mass is 180 g/mol. The number of hydrogen-bond donors (Lipinski definition) is 1. The molecule has 0 aliphatic carbocycles. The highest BCUT2D eigenvalue weighted by atomic mass is 19.1. The van der Waals surface area contributed by atoms with E-state index in [0.29, 0.717) is 5.69 Å². The number of nitriles is 1. The molecule has 3 nitrogen and oxygen atoms in total. The SMILES string of the molecule is CC(C#N)Oc1cc(F)ccc1N. The second-order valence-electron chi connectivity index (χ2n) is 2.57. The van der Waals surface area contributed by atoms with Crippen LogP contribution in [0.2, 0.25) is 0 Å². The Hall–Kier alpha value is -1.76. The molecule has 2 N–H and O–H groups in total. The van der Waals surface area contributed by atoms with Crippen LogP contribution >= 0.6 is 0 Å². The third kappa shape index (κ3) is 2.34. The zero-order chi connectivity index (χ0) is 9.84. The van der Waals surface area contributed by atoms with Gasteiger partial charge in [-0.25, -0.2) is 4.39 Å². The second kappa shape index (κ2) is 3.76. The first-order chi connectivity index (χ1) is 6.13. The summed E-state index contributed by atoms with van der Waals surface area (Å²) in [6, 6.07) is 5.65. The van der Waals surface area contributed by atoms with Crippen molar-refractivity contribution in [2.75, 3.05) is 5.73 Å². The fraction of sp³-hybridized carbons (Fsp3) is 0.222. The van der Waals surface area contributed by atoms with E-state index in [1.54, 1.807) is 6.92 Å². The van der Waals surface area contributed by atoms with E-state index in [2.05, 4.69) is 0 Å². The fourth-order valence-corrected chi connectivity index (χ4v) is 0.827. The Kier molecular flexibility index (Phi) is 2.70. The number of nitrogens with zero attached hydrogens (tertiary/aromatic N) is 1. The number of nitrogens with two attached hydrogens (primary N) is 1. The quantitative estimate of drug-likeness (QED) is 0.704. The number of benzene rings is 1. The van der Waals surface area contributed by atoms with Gasteiger partial charge < -0.3 is 10.5 Å². The Balaban J connectivity index is 2.88. The van der Waals surface area contributed by atoms with Crippen molar-refractivity contribution < 1.29 is 9.13 Å². The van der Waals surface area contributed by atoms with E-state index in [9.17, 15) is 4.39 Å². The number of nitrogen functional groups attached to an aromatic ring is 1. The first-order valence-corrected chi connectivity index (χ1v) is 3.75. The van der Waals surface area contributed by atoms with Crippen molar-refractivity contribution in [3.8, 4) is 11.8 Å².